The predicted octanol–water partition coefficient (Wildman–Crippen LogP) is 12.1. The SMILES string of the molecule is CN1c2cc(N3c4ccccc4C(c4ccccc4)(c4ccccc4)c4ccccc43)ccc2C2(c3ccccc3-c3ccccc32)n2c1nc1ccccc12. The van der Waals surface area contributed by atoms with Gasteiger partial charge in [0.25, 0.3) is 0 Å². The Bertz CT molecular complexity index is 2880. The van der Waals surface area contributed by atoms with E-state index in [-0.39, 0.29) is 0 Å². The predicted molar refractivity (Wildman–Crippen MR) is 228 cm³/mol. The molecule has 0 atom stereocenters. The highest BCUT2D eigenvalue weighted by Gasteiger charge is 2.53. The fourth-order valence-electron chi connectivity index (χ4n) is 10.5. The van der Waals surface area contributed by atoms with E-state index >= 15 is 0 Å². The molecule has 0 bridgehead atoms. The van der Waals surface area contributed by atoms with Gasteiger partial charge in [-0.2, -0.15) is 0 Å². The van der Waals surface area contributed by atoms with Gasteiger partial charge < -0.3 is 9.80 Å². The van der Waals surface area contributed by atoms with Crippen LogP contribution in [0.3, 0.4) is 0 Å². The highest BCUT2D eigenvalue weighted by atomic mass is 15.4. The van der Waals surface area contributed by atoms with Crippen LogP contribution in [0.4, 0.5) is 28.7 Å². The van der Waals surface area contributed by atoms with Gasteiger partial charge in [0.1, 0.15) is 5.54 Å². The Morgan fingerprint density at radius 3 is 1.54 bits per heavy atom. The number of anilines is 5. The van der Waals surface area contributed by atoms with Crippen molar-refractivity contribution in [2.45, 2.75) is 11.0 Å². The summed E-state index contributed by atoms with van der Waals surface area (Å²) >= 11 is 0. The summed E-state index contributed by atoms with van der Waals surface area (Å²) in [6.45, 7) is 0. The Hall–Kier alpha value is -7.17. The molecule has 0 fully saturated rings. The van der Waals surface area contributed by atoms with Crippen LogP contribution in [0.25, 0.3) is 22.2 Å². The van der Waals surface area contributed by atoms with Gasteiger partial charge in [-0.1, -0.05) is 164 Å². The van der Waals surface area contributed by atoms with Gasteiger partial charge in [0, 0.05) is 18.3 Å². The van der Waals surface area contributed by atoms with Crippen molar-refractivity contribution in [2.24, 2.45) is 0 Å². The number of hydrogen-bond acceptors (Lipinski definition) is 3. The third-order valence-corrected chi connectivity index (χ3v) is 12.6. The third kappa shape index (κ3) is 3.80. The standard InChI is InChI=1S/C52H36N4/c1-54-49-34-37(55-46-29-15-12-26-42(46)51(35-18-4-2-5-19-35,36-20-6-3-7-21-36)43-27-13-16-30-47(43)55)32-33-44(49)52(56-48-31-17-14-28-45(48)53-50(54)56)40-24-10-8-22-38(40)39-23-9-11-25-41(39)52/h2-34H,1H3. The van der Waals surface area contributed by atoms with Crippen LogP contribution in [0.1, 0.15) is 38.9 Å². The van der Waals surface area contributed by atoms with E-state index in [1.807, 2.05) is 0 Å². The molecule has 0 unspecified atom stereocenters. The fraction of sp³-hybridized carbons (Fsp3) is 0.0577. The minimum atomic E-state index is -0.619. The highest BCUT2D eigenvalue weighted by molar-refractivity contribution is 5.95. The number of benzene rings is 8. The van der Waals surface area contributed by atoms with Crippen LogP contribution in [0.5, 0.6) is 0 Å². The lowest BCUT2D eigenvalue weighted by Crippen LogP contribution is -2.42. The normalized spacial score (nSPS) is 15.1. The topological polar surface area (TPSA) is 24.3 Å². The molecule has 1 aliphatic carbocycles. The van der Waals surface area contributed by atoms with E-state index in [0.29, 0.717) is 0 Å². The molecule has 264 valence electrons. The van der Waals surface area contributed by atoms with Crippen molar-refractivity contribution in [3.8, 4) is 11.1 Å². The minimum absolute atomic E-state index is 0.524. The number of para-hydroxylation sites is 4. The molecule has 8 aromatic carbocycles. The minimum Gasteiger partial charge on any atom is -0.315 e. The largest absolute Gasteiger partial charge is 0.315 e. The van der Waals surface area contributed by atoms with E-state index in [4.69, 9.17) is 4.98 Å². The zero-order chi connectivity index (χ0) is 37.0. The molecule has 0 saturated carbocycles. The lowest BCUT2D eigenvalue weighted by molar-refractivity contribution is 0.530. The van der Waals surface area contributed by atoms with Crippen molar-refractivity contribution < 1.29 is 0 Å². The maximum Gasteiger partial charge on any atom is 0.212 e. The van der Waals surface area contributed by atoms with Crippen molar-refractivity contribution in [3.05, 3.63) is 239 Å². The molecule has 3 aliphatic rings. The summed E-state index contributed by atoms with van der Waals surface area (Å²) in [6.07, 6.45) is 0. The molecule has 0 amide bonds. The van der Waals surface area contributed by atoms with Crippen molar-refractivity contribution >= 4 is 39.7 Å². The van der Waals surface area contributed by atoms with Gasteiger partial charge in [-0.25, -0.2) is 4.98 Å². The first-order chi connectivity index (χ1) is 27.7. The van der Waals surface area contributed by atoms with Crippen molar-refractivity contribution in [3.63, 3.8) is 0 Å². The molecular weight excluding hydrogens is 681 g/mol. The molecule has 0 saturated heterocycles. The molecule has 4 nitrogen and oxygen atoms in total. The van der Waals surface area contributed by atoms with E-state index in [2.05, 4.69) is 222 Å². The van der Waals surface area contributed by atoms with Crippen LogP contribution >= 0.6 is 0 Å². The second-order valence-electron chi connectivity index (χ2n) is 15.1. The number of nitrogens with zero attached hydrogens (tertiary/aromatic N) is 4. The first-order valence-electron chi connectivity index (χ1n) is 19.4. The smallest absolute Gasteiger partial charge is 0.212 e. The Kier molecular flexibility index (Phi) is 6.37. The molecule has 3 heterocycles. The first-order valence-corrected chi connectivity index (χ1v) is 19.4. The van der Waals surface area contributed by atoms with Crippen molar-refractivity contribution in [1.82, 2.24) is 9.55 Å². The molecule has 56 heavy (non-hydrogen) atoms. The van der Waals surface area contributed by atoms with Crippen molar-refractivity contribution in [2.75, 3.05) is 16.8 Å². The molecular formula is C52H36N4. The summed E-state index contributed by atoms with van der Waals surface area (Å²) in [4.78, 5) is 10.1. The average molecular weight is 717 g/mol. The van der Waals surface area contributed by atoms with Gasteiger partial charge in [-0.05, 0) is 80.9 Å². The number of fused-ring (bicyclic) bond motifs is 13. The van der Waals surface area contributed by atoms with E-state index in [0.717, 1.165) is 39.7 Å². The van der Waals surface area contributed by atoms with E-state index in [1.165, 1.54) is 50.1 Å². The molecule has 12 rings (SSSR count). The maximum absolute atomic E-state index is 5.37. The number of hydrogen-bond donors (Lipinski definition) is 0. The highest BCUT2D eigenvalue weighted by Crippen LogP contribution is 2.62. The second-order valence-corrected chi connectivity index (χ2v) is 15.1. The summed E-state index contributed by atoms with van der Waals surface area (Å²) < 4.78 is 2.49. The zero-order valence-corrected chi connectivity index (χ0v) is 30.8. The molecule has 1 aromatic heterocycles. The van der Waals surface area contributed by atoms with Gasteiger partial charge in [0.15, 0.2) is 0 Å². The summed E-state index contributed by atoms with van der Waals surface area (Å²) in [5.41, 5.74) is 16.8. The van der Waals surface area contributed by atoms with Crippen LogP contribution in [0.2, 0.25) is 0 Å². The average Bonchev–Trinajstić information content (AvgIpc) is 3.80. The molecule has 2 aliphatic heterocycles. The molecule has 0 radical (unpaired) electrons. The Morgan fingerprint density at radius 1 is 0.429 bits per heavy atom. The van der Waals surface area contributed by atoms with E-state index in [1.54, 1.807) is 0 Å². The summed E-state index contributed by atoms with van der Waals surface area (Å²) in [5.74, 6) is 0.925. The van der Waals surface area contributed by atoms with Gasteiger partial charge in [0.2, 0.25) is 5.95 Å². The second kappa shape index (κ2) is 11.4. The molecule has 4 heteroatoms. The Labute approximate surface area is 326 Å². The number of rotatable bonds is 3. The molecule has 9 aromatic rings. The van der Waals surface area contributed by atoms with Crippen LogP contribution < -0.4 is 9.80 Å². The number of imidazole rings is 1. The van der Waals surface area contributed by atoms with Gasteiger partial charge in [-0.3, -0.25) is 4.57 Å². The van der Waals surface area contributed by atoms with Gasteiger partial charge >= 0.3 is 0 Å². The maximum atomic E-state index is 5.37. The lowest BCUT2D eigenvalue weighted by Gasteiger charge is -2.47. The monoisotopic (exact) mass is 716 g/mol. The number of aromatic nitrogens is 2. The van der Waals surface area contributed by atoms with Crippen LogP contribution in [-0.4, -0.2) is 16.6 Å². The van der Waals surface area contributed by atoms with Crippen LogP contribution in [0, 0.1) is 0 Å². The molecule has 0 N–H and O–H groups in total. The quantitative estimate of drug-likeness (QED) is 0.182. The Balaban J connectivity index is 1.15. The third-order valence-electron chi connectivity index (χ3n) is 12.6. The van der Waals surface area contributed by atoms with Gasteiger partial charge in [-0.15, -0.1) is 0 Å². The summed E-state index contributed by atoms with van der Waals surface area (Å²) in [7, 11) is 2.17. The molecule has 1 spiro atoms. The van der Waals surface area contributed by atoms with Crippen LogP contribution in [-0.2, 0) is 11.0 Å². The van der Waals surface area contributed by atoms with E-state index < -0.39 is 11.0 Å². The Morgan fingerprint density at radius 2 is 0.929 bits per heavy atom. The van der Waals surface area contributed by atoms with E-state index in [9.17, 15) is 0 Å². The fourth-order valence-corrected chi connectivity index (χ4v) is 10.5. The lowest BCUT2D eigenvalue weighted by atomic mass is 9.62. The van der Waals surface area contributed by atoms with Crippen molar-refractivity contribution in [1.29, 1.82) is 0 Å². The summed E-state index contributed by atoms with van der Waals surface area (Å²) in [5, 5.41) is 0. The zero-order valence-electron chi connectivity index (χ0n) is 30.8. The van der Waals surface area contributed by atoms with Crippen LogP contribution in [0.15, 0.2) is 200 Å². The summed E-state index contributed by atoms with van der Waals surface area (Å²) in [6, 6.07) is 73.6. The first kappa shape index (κ1) is 31.2. The van der Waals surface area contributed by atoms with Gasteiger partial charge in [0.05, 0.1) is 33.5 Å².